The Kier molecular flexibility index (Phi) is 15.0. The highest BCUT2D eigenvalue weighted by atomic mass is 79.9. The van der Waals surface area contributed by atoms with Crippen molar-refractivity contribution in [3.63, 3.8) is 0 Å². The van der Waals surface area contributed by atoms with Crippen molar-refractivity contribution >= 4 is 107 Å². The number of nitrogens with one attached hydrogen (secondary N) is 4. The minimum Gasteiger partial charge on any atom is -0.449 e. The lowest BCUT2D eigenvalue weighted by Gasteiger charge is -2.12. The van der Waals surface area contributed by atoms with Crippen molar-refractivity contribution in [2.75, 3.05) is 27.9 Å². The van der Waals surface area contributed by atoms with Crippen LogP contribution in [0.4, 0.5) is 37.8 Å². The zero-order valence-electron chi connectivity index (χ0n) is 33.7. The molecule has 0 atom stereocenters. The summed E-state index contributed by atoms with van der Waals surface area (Å²) in [4.78, 5) is 36.2. The molecule has 0 unspecified atom stereocenters. The van der Waals surface area contributed by atoms with Gasteiger partial charge >= 0.3 is 6.09 Å². The average molecular weight is 943 g/mol. The van der Waals surface area contributed by atoms with Crippen LogP contribution in [0.15, 0.2) is 114 Å². The predicted molar refractivity (Wildman–Crippen MR) is 255 cm³/mol. The Bertz CT molecular complexity index is 2610. The third kappa shape index (κ3) is 12.2. The molecular weight excluding hydrogens is 899 g/mol. The summed E-state index contributed by atoms with van der Waals surface area (Å²) in [5, 5.41) is 15.5. The number of ether oxygens (including phenoxy) is 1. The molecule has 2 aromatic heterocycles. The van der Waals surface area contributed by atoms with Gasteiger partial charge in [0.25, 0.3) is 5.91 Å². The smallest absolute Gasteiger partial charge is 0.411 e. The summed E-state index contributed by atoms with van der Waals surface area (Å²) in [7, 11) is 0. The van der Waals surface area contributed by atoms with E-state index < -0.39 is 6.09 Å². The van der Waals surface area contributed by atoms with Gasteiger partial charge in [-0.15, -0.1) is 22.7 Å². The number of aryl methyl sites for hydroxylation is 4. The molecule has 0 fully saturated rings. The van der Waals surface area contributed by atoms with E-state index in [1.807, 2.05) is 139 Å². The van der Waals surface area contributed by atoms with Crippen LogP contribution < -0.4 is 21.3 Å². The van der Waals surface area contributed by atoms with E-state index in [4.69, 9.17) is 37.9 Å². The molecule has 0 aliphatic carbocycles. The number of halogens is 3. The van der Waals surface area contributed by atoms with E-state index in [0.717, 1.165) is 69.5 Å². The first-order valence-electron chi connectivity index (χ1n) is 18.9. The van der Waals surface area contributed by atoms with Crippen LogP contribution in [0.1, 0.15) is 45.1 Å². The Morgan fingerprint density at radius 1 is 0.667 bits per heavy atom. The van der Waals surface area contributed by atoms with Gasteiger partial charge in [-0.25, -0.2) is 14.8 Å². The van der Waals surface area contributed by atoms with Gasteiger partial charge in [-0.3, -0.25) is 10.1 Å². The molecule has 2 heterocycles. The molecule has 2 amide bonds. The second kappa shape index (κ2) is 20.3. The van der Waals surface area contributed by atoms with Gasteiger partial charge in [-0.05, 0) is 111 Å². The second-order valence-electron chi connectivity index (χ2n) is 14.3. The molecule has 0 spiro atoms. The number of aromatic nitrogens is 2. The summed E-state index contributed by atoms with van der Waals surface area (Å²) in [6.45, 7) is 12.5. The summed E-state index contributed by atoms with van der Waals surface area (Å²) in [6, 6.07) is 34.1. The van der Waals surface area contributed by atoms with Crippen molar-refractivity contribution in [3.8, 4) is 22.5 Å². The SMILES string of the molecule is Cc1ccc(NC(=O)OCC(C)C)cc1Nc1nc(-c2ccc(Cl)cc2)c(C)s1.Cc1ccc(NC(=O)c2cccc(Br)c2)cc1Nc1nc(-c2ccc(Cl)cc2)c(C)s1. The first-order chi connectivity index (χ1) is 28.7. The fourth-order valence-corrected chi connectivity index (χ4v) is 8.13. The highest BCUT2D eigenvalue weighted by Gasteiger charge is 2.15. The Morgan fingerprint density at radius 2 is 1.15 bits per heavy atom. The zero-order valence-corrected chi connectivity index (χ0v) is 38.5. The van der Waals surface area contributed by atoms with E-state index in [1.165, 1.54) is 0 Å². The van der Waals surface area contributed by atoms with Crippen LogP contribution in [0.3, 0.4) is 0 Å². The topological polar surface area (TPSA) is 117 Å². The molecular formula is C46H43BrCl2N6O3S2. The highest BCUT2D eigenvalue weighted by molar-refractivity contribution is 9.10. The predicted octanol–water partition coefficient (Wildman–Crippen LogP) is 14.9. The van der Waals surface area contributed by atoms with Gasteiger partial charge in [0.1, 0.15) is 0 Å². The van der Waals surface area contributed by atoms with E-state index in [-0.39, 0.29) is 5.91 Å². The number of carbonyl (C=O) groups excluding carboxylic acids is 2. The van der Waals surface area contributed by atoms with Crippen LogP contribution in [0.2, 0.25) is 10.0 Å². The maximum absolute atomic E-state index is 12.6. The van der Waals surface area contributed by atoms with Crippen molar-refractivity contribution in [1.29, 1.82) is 0 Å². The largest absolute Gasteiger partial charge is 0.449 e. The standard InChI is InChI=1S/C24H19BrClN3OS.C22H24ClN3O2S/c1-14-6-11-20(27-23(30)17-4-3-5-18(25)12-17)13-21(14)28-24-29-22(15(2)31-24)16-7-9-19(26)10-8-16;1-13(2)12-28-22(27)24-18-10-5-14(3)19(11-18)25-21-26-20(15(4)29-21)16-6-8-17(23)9-7-16/h3-13H,1-2H3,(H,27,30)(H,28,29);5-11,13H,12H2,1-4H3,(H,24,27)(H,25,26). The molecule has 308 valence electrons. The summed E-state index contributed by atoms with van der Waals surface area (Å²) in [5.74, 6) is 0.130. The third-order valence-corrected chi connectivity index (χ3v) is 11.7. The average Bonchev–Trinajstić information content (AvgIpc) is 3.77. The van der Waals surface area contributed by atoms with Crippen molar-refractivity contribution < 1.29 is 14.3 Å². The van der Waals surface area contributed by atoms with E-state index >= 15 is 0 Å². The van der Waals surface area contributed by atoms with E-state index in [1.54, 1.807) is 34.8 Å². The molecule has 0 aliphatic heterocycles. The van der Waals surface area contributed by atoms with Crippen LogP contribution in [0.5, 0.6) is 0 Å². The lowest BCUT2D eigenvalue weighted by molar-refractivity contribution is 0.102. The lowest BCUT2D eigenvalue weighted by Crippen LogP contribution is -2.16. The van der Waals surface area contributed by atoms with Gasteiger partial charge in [0.2, 0.25) is 0 Å². The minimum atomic E-state index is -0.455. The molecule has 0 bridgehead atoms. The highest BCUT2D eigenvalue weighted by Crippen LogP contribution is 2.35. The molecule has 60 heavy (non-hydrogen) atoms. The summed E-state index contributed by atoms with van der Waals surface area (Å²) >= 11 is 18.6. The molecule has 0 saturated heterocycles. The van der Waals surface area contributed by atoms with E-state index in [9.17, 15) is 9.59 Å². The number of carbonyl (C=O) groups is 2. The summed E-state index contributed by atoms with van der Waals surface area (Å²) < 4.78 is 6.05. The number of nitrogens with zero attached hydrogens (tertiary/aromatic N) is 2. The van der Waals surface area contributed by atoms with Crippen LogP contribution in [0.25, 0.3) is 22.5 Å². The number of anilines is 6. The molecule has 0 saturated carbocycles. The molecule has 7 rings (SSSR count). The maximum Gasteiger partial charge on any atom is 0.411 e. The van der Waals surface area contributed by atoms with Crippen molar-refractivity contribution in [1.82, 2.24) is 9.97 Å². The number of thiazole rings is 2. The molecule has 7 aromatic rings. The van der Waals surface area contributed by atoms with Crippen molar-refractivity contribution in [2.45, 2.75) is 41.5 Å². The summed E-state index contributed by atoms with van der Waals surface area (Å²) in [5.41, 5.74) is 9.75. The van der Waals surface area contributed by atoms with Gasteiger partial charge in [0.15, 0.2) is 10.3 Å². The van der Waals surface area contributed by atoms with Crippen LogP contribution in [-0.2, 0) is 4.74 Å². The van der Waals surface area contributed by atoms with Crippen LogP contribution in [-0.4, -0.2) is 28.6 Å². The number of hydrogen-bond donors (Lipinski definition) is 4. The monoisotopic (exact) mass is 940 g/mol. The lowest BCUT2D eigenvalue weighted by atomic mass is 10.1. The second-order valence-corrected chi connectivity index (χ2v) is 18.4. The minimum absolute atomic E-state index is 0.161. The normalized spacial score (nSPS) is 10.8. The van der Waals surface area contributed by atoms with E-state index in [0.29, 0.717) is 39.5 Å². The molecule has 9 nitrogen and oxygen atoms in total. The van der Waals surface area contributed by atoms with Crippen LogP contribution in [0, 0.1) is 33.6 Å². The van der Waals surface area contributed by atoms with Gasteiger partial charge in [0.05, 0.1) is 18.0 Å². The summed E-state index contributed by atoms with van der Waals surface area (Å²) in [6.07, 6.45) is -0.455. The molecule has 0 aliphatic rings. The van der Waals surface area contributed by atoms with Gasteiger partial charge in [-0.1, -0.05) is 95.4 Å². The van der Waals surface area contributed by atoms with Gasteiger partial charge in [0, 0.05) is 63.7 Å². The number of benzene rings is 5. The number of hydrogen-bond acceptors (Lipinski definition) is 9. The van der Waals surface area contributed by atoms with Crippen molar-refractivity contribution in [2.24, 2.45) is 5.92 Å². The quantitative estimate of drug-likeness (QED) is 0.102. The Labute approximate surface area is 376 Å². The fraction of sp³-hybridized carbons (Fsp3) is 0.174. The number of amides is 2. The van der Waals surface area contributed by atoms with Gasteiger partial charge < -0.3 is 20.7 Å². The fourth-order valence-electron chi connectivity index (χ4n) is 5.78. The number of rotatable bonds is 11. The Balaban J connectivity index is 0.000000202. The molecule has 5 aromatic carbocycles. The first-order valence-corrected chi connectivity index (χ1v) is 22.1. The Morgan fingerprint density at radius 3 is 1.62 bits per heavy atom. The molecule has 0 radical (unpaired) electrons. The van der Waals surface area contributed by atoms with E-state index in [2.05, 4.69) is 37.2 Å². The Hall–Kier alpha value is -5.24. The molecule has 4 N–H and O–H groups in total. The third-order valence-electron chi connectivity index (χ3n) is 8.93. The first kappa shape index (κ1) is 44.3. The van der Waals surface area contributed by atoms with Crippen LogP contribution >= 0.6 is 61.8 Å². The zero-order chi connectivity index (χ0) is 42.9. The maximum atomic E-state index is 12.6. The molecule has 14 heteroatoms. The van der Waals surface area contributed by atoms with Crippen molar-refractivity contribution in [3.05, 3.63) is 150 Å². The van der Waals surface area contributed by atoms with Gasteiger partial charge in [-0.2, -0.15) is 0 Å².